The number of fused-ring (bicyclic) bond motifs is 2. The summed E-state index contributed by atoms with van der Waals surface area (Å²) in [6, 6.07) is 20.4. The van der Waals surface area contributed by atoms with Gasteiger partial charge in [0.1, 0.15) is 11.5 Å². The van der Waals surface area contributed by atoms with Crippen molar-refractivity contribution in [1.29, 1.82) is 0 Å². The third kappa shape index (κ3) is 6.34. The molecule has 0 aliphatic carbocycles. The molecule has 208 valence electrons. The Morgan fingerprint density at radius 1 is 0.756 bits per heavy atom. The van der Waals surface area contributed by atoms with Crippen LogP contribution < -0.4 is 9.47 Å². The van der Waals surface area contributed by atoms with Gasteiger partial charge in [0.15, 0.2) is 10.3 Å². The Labute approximate surface area is 240 Å². The number of aromatic amines is 2. The van der Waals surface area contributed by atoms with Crippen LogP contribution in [0.2, 0.25) is 0 Å². The maximum Gasteiger partial charge on any atom is 0.197 e. The Morgan fingerprint density at radius 2 is 1.41 bits per heavy atom. The van der Waals surface area contributed by atoms with Crippen molar-refractivity contribution >= 4 is 43.7 Å². The topological polar surface area (TPSA) is 136 Å². The molecule has 0 saturated carbocycles. The number of imidazole rings is 2. The molecule has 41 heavy (non-hydrogen) atoms. The average Bonchev–Trinajstić information content (AvgIpc) is 3.62. The normalized spacial score (nSPS) is 12.9. The Bertz CT molecular complexity index is 1850. The number of H-pyrrole nitrogens is 2. The number of pyridine rings is 2. The lowest BCUT2D eigenvalue weighted by molar-refractivity contribution is 0.322. The minimum atomic E-state index is -1.36. The highest BCUT2D eigenvalue weighted by atomic mass is 32.2. The molecular weight excluding hydrogens is 560 g/mol. The van der Waals surface area contributed by atoms with Crippen LogP contribution in [0.1, 0.15) is 17.0 Å². The fourth-order valence-corrected chi connectivity index (χ4v) is 6.23. The number of hydrogen-bond acceptors (Lipinski definition) is 8. The van der Waals surface area contributed by atoms with E-state index < -0.39 is 21.6 Å². The molecule has 0 fully saturated rings. The summed E-state index contributed by atoms with van der Waals surface area (Å²) in [5.74, 6) is 1.95. The summed E-state index contributed by atoms with van der Waals surface area (Å²) < 4.78 is 36.8. The van der Waals surface area contributed by atoms with Crippen molar-refractivity contribution in [1.82, 2.24) is 29.9 Å². The molecule has 4 aromatic heterocycles. The molecule has 0 radical (unpaired) electrons. The molecule has 0 bridgehead atoms. The molecule has 2 unspecified atom stereocenters. The van der Waals surface area contributed by atoms with E-state index >= 15 is 0 Å². The van der Waals surface area contributed by atoms with E-state index in [1.165, 1.54) is 0 Å². The second kappa shape index (κ2) is 12.0. The fourth-order valence-electron chi connectivity index (χ4n) is 4.23. The van der Waals surface area contributed by atoms with Gasteiger partial charge in [0, 0.05) is 30.9 Å². The van der Waals surface area contributed by atoms with Gasteiger partial charge in [-0.15, -0.1) is 0 Å². The third-order valence-electron chi connectivity index (χ3n) is 6.36. The highest BCUT2D eigenvalue weighted by molar-refractivity contribution is 7.84. The van der Waals surface area contributed by atoms with E-state index in [0.717, 1.165) is 33.3 Å². The summed E-state index contributed by atoms with van der Waals surface area (Å²) in [5, 5.41) is 0.823. The van der Waals surface area contributed by atoms with Gasteiger partial charge in [-0.3, -0.25) is 18.4 Å². The molecule has 0 saturated heterocycles. The molecule has 10 nitrogen and oxygen atoms in total. The summed E-state index contributed by atoms with van der Waals surface area (Å²) in [5.41, 5.74) is 5.46. The van der Waals surface area contributed by atoms with Gasteiger partial charge in [-0.05, 0) is 48.0 Å². The summed E-state index contributed by atoms with van der Waals surface area (Å²) in [4.78, 5) is 23.9. The standard InChI is InChI=1S/C29H26N6O4S2/c1-38-22-7-9-24-26(14-22)34-28(32-24)41(37)18-21-6-5-19(16-31-21)11-13-39-23-8-10-25-27(15-23)35-29(33-25)40(36)17-20-4-2-3-12-30-20/h2-10,12,14-16H,11,13,17-18H2,1H3,(H,32,34)(H,33,35). The molecule has 0 aliphatic heterocycles. The van der Waals surface area contributed by atoms with E-state index in [2.05, 4.69) is 29.9 Å². The number of nitrogens with one attached hydrogen (secondary N) is 2. The maximum atomic E-state index is 12.9. The van der Waals surface area contributed by atoms with Crippen LogP contribution in [0.3, 0.4) is 0 Å². The summed E-state index contributed by atoms with van der Waals surface area (Å²) in [6.07, 6.45) is 4.12. The SMILES string of the molecule is COc1ccc2nc(S(=O)Cc3ccc(CCOc4ccc5nc(S(=O)Cc6ccccn6)[nH]c5c4)cn3)[nH]c2c1. The van der Waals surface area contributed by atoms with Crippen LogP contribution in [-0.4, -0.2) is 52.0 Å². The molecule has 2 N–H and O–H groups in total. The zero-order valence-electron chi connectivity index (χ0n) is 22.1. The van der Waals surface area contributed by atoms with Crippen molar-refractivity contribution in [2.75, 3.05) is 13.7 Å². The first kappa shape index (κ1) is 26.8. The Balaban J connectivity index is 1.02. The molecule has 0 aliphatic rings. The van der Waals surface area contributed by atoms with E-state index in [0.29, 0.717) is 46.3 Å². The molecule has 0 spiro atoms. The summed E-state index contributed by atoms with van der Waals surface area (Å²) >= 11 is 0. The number of benzene rings is 2. The minimum Gasteiger partial charge on any atom is -0.497 e. The summed E-state index contributed by atoms with van der Waals surface area (Å²) in [6.45, 7) is 0.452. The van der Waals surface area contributed by atoms with Gasteiger partial charge >= 0.3 is 0 Å². The molecule has 2 atom stereocenters. The second-order valence-corrected chi connectivity index (χ2v) is 11.9. The molecule has 6 rings (SSSR count). The predicted octanol–water partition coefficient (Wildman–Crippen LogP) is 4.47. The Hall–Kier alpha value is -4.42. The molecule has 6 aromatic rings. The molecular formula is C29H26N6O4S2. The van der Waals surface area contributed by atoms with Crippen molar-refractivity contribution in [3.8, 4) is 11.5 Å². The van der Waals surface area contributed by atoms with Gasteiger partial charge in [0.2, 0.25) is 0 Å². The van der Waals surface area contributed by atoms with Crippen molar-refractivity contribution in [2.45, 2.75) is 28.2 Å². The van der Waals surface area contributed by atoms with Gasteiger partial charge in [-0.1, -0.05) is 12.1 Å². The maximum absolute atomic E-state index is 12.9. The van der Waals surface area contributed by atoms with E-state index in [1.807, 2.05) is 66.7 Å². The highest BCUT2D eigenvalue weighted by Gasteiger charge is 2.14. The van der Waals surface area contributed by atoms with Crippen LogP contribution in [0.25, 0.3) is 22.1 Å². The number of rotatable bonds is 11. The second-order valence-electron chi connectivity index (χ2n) is 9.20. The smallest absolute Gasteiger partial charge is 0.197 e. The van der Waals surface area contributed by atoms with E-state index in [-0.39, 0.29) is 5.75 Å². The van der Waals surface area contributed by atoms with E-state index in [9.17, 15) is 8.42 Å². The van der Waals surface area contributed by atoms with Crippen LogP contribution in [0, 0.1) is 0 Å². The van der Waals surface area contributed by atoms with Crippen molar-refractivity contribution in [2.24, 2.45) is 0 Å². The van der Waals surface area contributed by atoms with Crippen LogP contribution in [0.5, 0.6) is 11.5 Å². The van der Waals surface area contributed by atoms with E-state index in [1.54, 1.807) is 19.5 Å². The number of ether oxygens (including phenoxy) is 2. The van der Waals surface area contributed by atoms with Crippen molar-refractivity contribution in [3.05, 3.63) is 96.1 Å². The van der Waals surface area contributed by atoms with Gasteiger partial charge < -0.3 is 19.4 Å². The first-order valence-corrected chi connectivity index (χ1v) is 15.4. The minimum absolute atomic E-state index is 0.257. The predicted molar refractivity (Wildman–Crippen MR) is 157 cm³/mol. The lowest BCUT2D eigenvalue weighted by atomic mass is 10.2. The molecule has 2 aromatic carbocycles. The van der Waals surface area contributed by atoms with Crippen LogP contribution >= 0.6 is 0 Å². The monoisotopic (exact) mass is 586 g/mol. The van der Waals surface area contributed by atoms with Crippen molar-refractivity contribution in [3.63, 3.8) is 0 Å². The third-order valence-corrected chi connectivity index (χ3v) is 8.73. The van der Waals surface area contributed by atoms with Crippen LogP contribution in [0.4, 0.5) is 0 Å². The van der Waals surface area contributed by atoms with Crippen molar-refractivity contribution < 1.29 is 17.9 Å². The van der Waals surface area contributed by atoms with Gasteiger partial charge in [0.25, 0.3) is 0 Å². The van der Waals surface area contributed by atoms with Gasteiger partial charge in [0.05, 0.1) is 80.3 Å². The summed E-state index contributed by atoms with van der Waals surface area (Å²) in [7, 11) is -1.09. The van der Waals surface area contributed by atoms with E-state index in [4.69, 9.17) is 9.47 Å². The molecule has 4 heterocycles. The average molecular weight is 587 g/mol. The highest BCUT2D eigenvalue weighted by Crippen LogP contribution is 2.22. The largest absolute Gasteiger partial charge is 0.497 e. The number of hydrogen-bond donors (Lipinski definition) is 2. The Kier molecular flexibility index (Phi) is 7.83. The quantitative estimate of drug-likeness (QED) is 0.227. The van der Waals surface area contributed by atoms with Gasteiger partial charge in [-0.2, -0.15) is 0 Å². The molecule has 0 amide bonds. The number of aromatic nitrogens is 6. The lowest BCUT2D eigenvalue weighted by Gasteiger charge is -2.07. The molecule has 12 heteroatoms. The van der Waals surface area contributed by atoms with Gasteiger partial charge in [-0.25, -0.2) is 9.97 Å². The number of methoxy groups -OCH3 is 1. The lowest BCUT2D eigenvalue weighted by Crippen LogP contribution is -2.04. The fraction of sp³-hybridized carbons (Fsp3) is 0.172. The zero-order chi connectivity index (χ0) is 28.2. The number of nitrogens with zero attached hydrogens (tertiary/aromatic N) is 4. The first-order valence-electron chi connectivity index (χ1n) is 12.8. The van der Waals surface area contributed by atoms with Crippen LogP contribution in [0.15, 0.2) is 89.4 Å². The van der Waals surface area contributed by atoms with Crippen LogP contribution in [-0.2, 0) is 39.5 Å². The zero-order valence-corrected chi connectivity index (χ0v) is 23.7. The Morgan fingerprint density at radius 3 is 2.02 bits per heavy atom. The first-order chi connectivity index (χ1) is 20.0.